The van der Waals surface area contributed by atoms with Crippen molar-refractivity contribution in [3.8, 4) is 11.5 Å². The Hall–Kier alpha value is -1.93. The molecule has 0 aliphatic carbocycles. The molecule has 29 heavy (non-hydrogen) atoms. The van der Waals surface area contributed by atoms with Crippen molar-refractivity contribution in [2.24, 2.45) is 0 Å². The molecule has 1 fully saturated rings. The van der Waals surface area contributed by atoms with Gasteiger partial charge in [-0.15, -0.1) is 0 Å². The molecule has 0 amide bonds. The Labute approximate surface area is 176 Å². The number of aromatic nitrogens is 2. The fourth-order valence-electron chi connectivity index (χ4n) is 3.73. The van der Waals surface area contributed by atoms with E-state index >= 15 is 0 Å². The SMILES string of the molecule is CN1CN(CCCOC2CCCCO2)Cc2cc(Oc3cncc(Cl)c3)cnc21. The summed E-state index contributed by atoms with van der Waals surface area (Å²) >= 11 is 5.99. The van der Waals surface area contributed by atoms with Crippen molar-refractivity contribution in [1.29, 1.82) is 0 Å². The molecule has 1 unspecified atom stereocenters. The molecule has 4 rings (SSSR count). The van der Waals surface area contributed by atoms with Gasteiger partial charge in [0, 0.05) is 44.6 Å². The van der Waals surface area contributed by atoms with Crippen LogP contribution in [0.2, 0.25) is 5.02 Å². The molecule has 1 saturated heterocycles. The van der Waals surface area contributed by atoms with Crippen LogP contribution in [0.1, 0.15) is 31.2 Å². The predicted molar refractivity (Wildman–Crippen MR) is 111 cm³/mol. The average molecular weight is 419 g/mol. The van der Waals surface area contributed by atoms with E-state index in [1.165, 1.54) is 6.42 Å². The van der Waals surface area contributed by atoms with Gasteiger partial charge in [0.15, 0.2) is 6.29 Å². The van der Waals surface area contributed by atoms with Crippen LogP contribution in [0.25, 0.3) is 0 Å². The first kappa shape index (κ1) is 20.3. The van der Waals surface area contributed by atoms with Gasteiger partial charge in [-0.2, -0.15) is 0 Å². The first-order valence-electron chi connectivity index (χ1n) is 10.1. The van der Waals surface area contributed by atoms with Crippen LogP contribution in [0, 0.1) is 0 Å². The minimum atomic E-state index is -0.0154. The number of fused-ring (bicyclic) bond motifs is 1. The third-order valence-corrected chi connectivity index (χ3v) is 5.27. The molecule has 0 saturated carbocycles. The lowest BCUT2D eigenvalue weighted by Gasteiger charge is -2.35. The largest absolute Gasteiger partial charge is 0.454 e. The third kappa shape index (κ3) is 5.57. The number of ether oxygens (including phenoxy) is 3. The van der Waals surface area contributed by atoms with Gasteiger partial charge in [0.05, 0.1) is 30.7 Å². The molecule has 0 radical (unpaired) electrons. The maximum Gasteiger partial charge on any atom is 0.157 e. The smallest absolute Gasteiger partial charge is 0.157 e. The number of rotatable bonds is 7. The van der Waals surface area contributed by atoms with E-state index in [1.807, 2.05) is 6.07 Å². The van der Waals surface area contributed by atoms with E-state index in [9.17, 15) is 0 Å². The zero-order valence-electron chi connectivity index (χ0n) is 16.7. The Balaban J connectivity index is 1.32. The van der Waals surface area contributed by atoms with Crippen LogP contribution < -0.4 is 9.64 Å². The second kappa shape index (κ2) is 9.71. The lowest BCUT2D eigenvalue weighted by molar-refractivity contribution is -0.163. The van der Waals surface area contributed by atoms with E-state index in [0.29, 0.717) is 16.5 Å². The summed E-state index contributed by atoms with van der Waals surface area (Å²) in [6, 6.07) is 3.78. The third-order valence-electron chi connectivity index (χ3n) is 5.06. The summed E-state index contributed by atoms with van der Waals surface area (Å²) in [7, 11) is 2.06. The summed E-state index contributed by atoms with van der Waals surface area (Å²) in [6.07, 6.45) is 9.27. The standard InChI is InChI=1S/C21H27ClN4O3/c1-25-15-26(6-4-8-28-20-5-2-3-7-27-20)14-16-9-18(13-24-21(16)25)29-19-10-17(22)11-23-12-19/h9-13,20H,2-8,14-15H2,1H3. The molecule has 2 aliphatic rings. The molecular formula is C21H27ClN4O3. The fraction of sp³-hybridized carbons (Fsp3) is 0.524. The molecule has 0 bridgehead atoms. The number of anilines is 1. The van der Waals surface area contributed by atoms with Gasteiger partial charge in [-0.1, -0.05) is 11.6 Å². The summed E-state index contributed by atoms with van der Waals surface area (Å²) in [5.41, 5.74) is 1.14. The maximum atomic E-state index is 5.99. The van der Waals surface area contributed by atoms with E-state index in [-0.39, 0.29) is 6.29 Å². The first-order chi connectivity index (χ1) is 14.2. The Bertz CT molecular complexity index is 816. The van der Waals surface area contributed by atoms with Crippen molar-refractivity contribution in [2.45, 2.75) is 38.5 Å². The van der Waals surface area contributed by atoms with Gasteiger partial charge in [-0.05, 0) is 31.7 Å². The number of halogens is 1. The Kier molecular flexibility index (Phi) is 6.82. The number of hydrogen-bond donors (Lipinski definition) is 0. The van der Waals surface area contributed by atoms with Gasteiger partial charge in [-0.3, -0.25) is 9.88 Å². The van der Waals surface area contributed by atoms with E-state index in [0.717, 1.165) is 63.6 Å². The van der Waals surface area contributed by atoms with Gasteiger partial charge in [0.1, 0.15) is 17.3 Å². The lowest BCUT2D eigenvalue weighted by Crippen LogP contribution is -2.41. The molecule has 0 aromatic carbocycles. The normalized spacial score (nSPS) is 19.8. The highest BCUT2D eigenvalue weighted by molar-refractivity contribution is 6.30. The highest BCUT2D eigenvalue weighted by atomic mass is 35.5. The molecule has 4 heterocycles. The van der Waals surface area contributed by atoms with Crippen LogP contribution in [0.4, 0.5) is 5.82 Å². The monoisotopic (exact) mass is 418 g/mol. The van der Waals surface area contributed by atoms with Gasteiger partial charge in [-0.25, -0.2) is 4.98 Å². The van der Waals surface area contributed by atoms with E-state index in [1.54, 1.807) is 24.7 Å². The predicted octanol–water partition coefficient (Wildman–Crippen LogP) is 4.06. The van der Waals surface area contributed by atoms with E-state index < -0.39 is 0 Å². The van der Waals surface area contributed by atoms with Crippen LogP contribution in [0.15, 0.2) is 30.7 Å². The molecule has 2 aromatic rings. The maximum absolute atomic E-state index is 5.99. The van der Waals surface area contributed by atoms with Crippen molar-refractivity contribution < 1.29 is 14.2 Å². The second-order valence-electron chi connectivity index (χ2n) is 7.51. The van der Waals surface area contributed by atoms with Gasteiger partial charge in [0.25, 0.3) is 0 Å². The lowest BCUT2D eigenvalue weighted by atomic mass is 10.2. The van der Waals surface area contributed by atoms with Gasteiger partial charge >= 0.3 is 0 Å². The van der Waals surface area contributed by atoms with Crippen LogP contribution >= 0.6 is 11.6 Å². The molecule has 7 nitrogen and oxygen atoms in total. The van der Waals surface area contributed by atoms with Crippen molar-refractivity contribution in [1.82, 2.24) is 14.9 Å². The summed E-state index contributed by atoms with van der Waals surface area (Å²) in [4.78, 5) is 13.2. The quantitative estimate of drug-likeness (QED) is 0.628. The van der Waals surface area contributed by atoms with Crippen LogP contribution in [0.3, 0.4) is 0 Å². The Morgan fingerprint density at radius 2 is 2.10 bits per heavy atom. The number of nitrogens with zero attached hydrogens (tertiary/aromatic N) is 4. The summed E-state index contributed by atoms with van der Waals surface area (Å²) in [6.45, 7) is 4.18. The first-order valence-corrected chi connectivity index (χ1v) is 10.5. The highest BCUT2D eigenvalue weighted by Gasteiger charge is 2.22. The zero-order chi connectivity index (χ0) is 20.1. The topological polar surface area (TPSA) is 60.0 Å². The van der Waals surface area contributed by atoms with E-state index in [2.05, 4.69) is 26.8 Å². The molecule has 156 valence electrons. The number of hydrogen-bond acceptors (Lipinski definition) is 7. The molecule has 1 atom stereocenters. The minimum absolute atomic E-state index is 0.0154. The minimum Gasteiger partial charge on any atom is -0.454 e. The Morgan fingerprint density at radius 1 is 1.21 bits per heavy atom. The van der Waals surface area contributed by atoms with E-state index in [4.69, 9.17) is 25.8 Å². The van der Waals surface area contributed by atoms with Crippen LogP contribution in [-0.2, 0) is 16.0 Å². The molecule has 2 aliphatic heterocycles. The Morgan fingerprint density at radius 3 is 2.93 bits per heavy atom. The van der Waals surface area contributed by atoms with Crippen molar-refractivity contribution in [3.63, 3.8) is 0 Å². The van der Waals surface area contributed by atoms with Crippen molar-refractivity contribution >= 4 is 17.4 Å². The fourth-order valence-corrected chi connectivity index (χ4v) is 3.90. The molecular weight excluding hydrogens is 392 g/mol. The highest BCUT2D eigenvalue weighted by Crippen LogP contribution is 2.30. The zero-order valence-corrected chi connectivity index (χ0v) is 17.5. The average Bonchev–Trinajstić information content (AvgIpc) is 2.72. The second-order valence-corrected chi connectivity index (χ2v) is 7.94. The summed E-state index contributed by atoms with van der Waals surface area (Å²) in [5.74, 6) is 2.27. The molecule has 0 spiro atoms. The van der Waals surface area contributed by atoms with Crippen LogP contribution in [-0.4, -0.2) is 54.6 Å². The van der Waals surface area contributed by atoms with Gasteiger partial charge in [0.2, 0.25) is 0 Å². The van der Waals surface area contributed by atoms with Crippen molar-refractivity contribution in [2.75, 3.05) is 38.4 Å². The molecule has 8 heteroatoms. The van der Waals surface area contributed by atoms with Crippen molar-refractivity contribution in [3.05, 3.63) is 41.3 Å². The number of pyridine rings is 2. The summed E-state index contributed by atoms with van der Waals surface area (Å²) < 4.78 is 17.4. The van der Waals surface area contributed by atoms with Gasteiger partial charge < -0.3 is 19.1 Å². The summed E-state index contributed by atoms with van der Waals surface area (Å²) in [5, 5.41) is 0.542. The molecule has 2 aromatic heterocycles. The molecule has 0 N–H and O–H groups in total. The van der Waals surface area contributed by atoms with Crippen LogP contribution in [0.5, 0.6) is 11.5 Å².